The summed E-state index contributed by atoms with van der Waals surface area (Å²) in [6.07, 6.45) is 0. The molecule has 280 valence electrons. The molecule has 0 fully saturated rings. The van der Waals surface area contributed by atoms with Crippen LogP contribution in [0.25, 0.3) is 0 Å². The number of urea groups is 2. The van der Waals surface area contributed by atoms with Crippen molar-refractivity contribution in [2.75, 3.05) is 35.4 Å². The number of hydrogen-bond acceptors (Lipinski definition) is 10. The van der Waals surface area contributed by atoms with Gasteiger partial charge in [-0.05, 0) is 52.1 Å². The van der Waals surface area contributed by atoms with Gasteiger partial charge in [-0.3, -0.25) is 0 Å². The van der Waals surface area contributed by atoms with E-state index in [2.05, 4.69) is 26.0 Å². The Bertz CT molecular complexity index is 2120. The van der Waals surface area contributed by atoms with Crippen LogP contribution in [0.3, 0.4) is 0 Å². The summed E-state index contributed by atoms with van der Waals surface area (Å²) in [5.41, 5.74) is -0.203. The van der Waals surface area contributed by atoms with Gasteiger partial charge in [0.1, 0.15) is 0 Å². The number of nitrogens with zero attached hydrogens (tertiary/aromatic N) is 1. The number of hydrogen-bond donors (Lipinski definition) is 7. The Labute approximate surface area is 323 Å². The van der Waals surface area contributed by atoms with Gasteiger partial charge in [-0.25, -0.2) is 31.1 Å². The van der Waals surface area contributed by atoms with Crippen LogP contribution in [-0.4, -0.2) is 63.1 Å². The lowest BCUT2D eigenvalue weighted by Crippen LogP contribution is -2.42. The lowest BCUT2D eigenvalue weighted by Gasteiger charge is -2.30. The second-order valence-corrected chi connectivity index (χ2v) is 18.4. The Hall–Kier alpha value is -3.04. The largest absolute Gasteiger partial charge is 0.504 e. The molecule has 2 aromatic carbocycles. The van der Waals surface area contributed by atoms with E-state index < -0.39 is 49.1 Å². The summed E-state index contributed by atoms with van der Waals surface area (Å²) >= 11 is 25.3. The SMILES string of the molecule is C.CN(C(C)(C)C)S(=O)(=O)c1scc(NC(=O)Nc2cccc(Cl)c2Cl)c1O.CNS(=O)(=O)c1scc(NC(=O)Nc2cccc(Cl)c2Cl)c1O. The maximum Gasteiger partial charge on any atom is 0.323 e. The van der Waals surface area contributed by atoms with Crippen LogP contribution in [-0.2, 0) is 20.0 Å². The maximum absolute atomic E-state index is 12.7. The summed E-state index contributed by atoms with van der Waals surface area (Å²) in [6, 6.07) is 8.01. The molecule has 0 aliphatic carbocycles. The molecule has 0 aliphatic rings. The fourth-order valence-electron chi connectivity index (χ4n) is 3.55. The molecule has 7 N–H and O–H groups in total. The Morgan fingerprint density at radius 2 is 1.08 bits per heavy atom. The first-order valence-electron chi connectivity index (χ1n) is 13.7. The number of halogens is 4. The highest BCUT2D eigenvalue weighted by Gasteiger charge is 2.34. The van der Waals surface area contributed by atoms with Gasteiger partial charge >= 0.3 is 12.1 Å². The minimum Gasteiger partial charge on any atom is -0.504 e. The highest BCUT2D eigenvalue weighted by atomic mass is 35.5. The zero-order chi connectivity index (χ0) is 37.8. The van der Waals surface area contributed by atoms with Crippen molar-refractivity contribution in [2.24, 2.45) is 0 Å². The molecule has 0 radical (unpaired) electrons. The molecule has 0 saturated heterocycles. The number of nitrogens with one attached hydrogen (secondary N) is 5. The van der Waals surface area contributed by atoms with E-state index in [-0.39, 0.29) is 58.7 Å². The van der Waals surface area contributed by atoms with Crippen molar-refractivity contribution in [1.82, 2.24) is 9.03 Å². The van der Waals surface area contributed by atoms with Gasteiger partial charge in [-0.2, -0.15) is 4.31 Å². The van der Waals surface area contributed by atoms with Crippen LogP contribution in [0, 0.1) is 0 Å². The number of carbonyl (C=O) groups excluding carboxylic acids is 2. The Morgan fingerprint density at radius 3 is 1.47 bits per heavy atom. The van der Waals surface area contributed by atoms with Gasteiger partial charge in [0.05, 0.1) is 42.8 Å². The molecule has 0 spiro atoms. The smallest absolute Gasteiger partial charge is 0.323 e. The predicted molar refractivity (Wildman–Crippen MR) is 208 cm³/mol. The van der Waals surface area contributed by atoms with E-state index in [4.69, 9.17) is 46.4 Å². The summed E-state index contributed by atoms with van der Waals surface area (Å²) in [5, 5.41) is 33.4. The van der Waals surface area contributed by atoms with Crippen LogP contribution in [0.1, 0.15) is 28.2 Å². The molecule has 22 heteroatoms. The van der Waals surface area contributed by atoms with E-state index in [1.807, 2.05) is 0 Å². The van der Waals surface area contributed by atoms with Crippen LogP contribution in [0.2, 0.25) is 20.1 Å². The van der Waals surface area contributed by atoms with Crippen molar-refractivity contribution in [3.05, 3.63) is 67.2 Å². The van der Waals surface area contributed by atoms with E-state index in [0.717, 1.165) is 27.0 Å². The number of thiophene rings is 2. The molecule has 0 aliphatic heterocycles. The number of sulfonamides is 2. The van der Waals surface area contributed by atoms with E-state index in [1.165, 1.54) is 30.9 Å². The third-order valence-electron chi connectivity index (χ3n) is 6.41. The van der Waals surface area contributed by atoms with Crippen molar-refractivity contribution in [1.29, 1.82) is 0 Å². The van der Waals surface area contributed by atoms with Gasteiger partial charge in [0.15, 0.2) is 19.9 Å². The number of anilines is 4. The van der Waals surface area contributed by atoms with Crippen LogP contribution in [0.15, 0.2) is 55.6 Å². The van der Waals surface area contributed by atoms with Crippen molar-refractivity contribution in [2.45, 2.75) is 42.2 Å². The average Bonchev–Trinajstić information content (AvgIpc) is 3.59. The van der Waals surface area contributed by atoms with Crippen molar-refractivity contribution >= 4 is 124 Å². The lowest BCUT2D eigenvalue weighted by atomic mass is 10.1. The fourth-order valence-corrected chi connectivity index (χ4v) is 9.22. The molecule has 4 rings (SSSR count). The summed E-state index contributed by atoms with van der Waals surface area (Å²) < 4.78 is 51.4. The molecular weight excluding hydrogens is 830 g/mol. The monoisotopic (exact) mass is 862 g/mol. The van der Waals surface area contributed by atoms with Crippen LogP contribution in [0.4, 0.5) is 32.3 Å². The first-order chi connectivity index (χ1) is 23.1. The lowest BCUT2D eigenvalue weighted by molar-refractivity contribution is 0.261. The van der Waals surface area contributed by atoms with E-state index in [0.29, 0.717) is 0 Å². The summed E-state index contributed by atoms with van der Waals surface area (Å²) in [5.74, 6) is -1.07. The molecular formula is C29H34Cl4N6O8S4. The van der Waals surface area contributed by atoms with Gasteiger partial charge in [-0.15, -0.1) is 22.7 Å². The third kappa shape index (κ3) is 10.8. The highest BCUT2D eigenvalue weighted by molar-refractivity contribution is 7.91. The van der Waals surface area contributed by atoms with Gasteiger partial charge in [0.25, 0.3) is 20.0 Å². The minimum atomic E-state index is -3.92. The zero-order valence-electron chi connectivity index (χ0n) is 26.6. The highest BCUT2D eigenvalue weighted by Crippen LogP contribution is 2.41. The predicted octanol–water partition coefficient (Wildman–Crippen LogP) is 8.77. The van der Waals surface area contributed by atoms with Crippen LogP contribution < -0.4 is 26.0 Å². The van der Waals surface area contributed by atoms with Gasteiger partial charge in [0, 0.05) is 23.3 Å². The summed E-state index contributed by atoms with van der Waals surface area (Å²) in [4.78, 5) is 24.1. The first kappa shape index (κ1) is 44.1. The molecule has 51 heavy (non-hydrogen) atoms. The van der Waals surface area contributed by atoms with E-state index >= 15 is 0 Å². The minimum absolute atomic E-state index is 0. The maximum atomic E-state index is 12.7. The first-order valence-corrected chi connectivity index (χ1v) is 19.9. The second kappa shape index (κ2) is 17.7. The van der Waals surface area contributed by atoms with Crippen molar-refractivity contribution < 1.29 is 36.6 Å². The summed E-state index contributed by atoms with van der Waals surface area (Å²) in [7, 11) is -5.09. The number of carbonyl (C=O) groups is 2. The fraction of sp³-hybridized carbons (Fsp3) is 0.241. The Balaban J connectivity index is 0.000000351. The zero-order valence-corrected chi connectivity index (χ0v) is 32.8. The molecule has 2 heterocycles. The van der Waals surface area contributed by atoms with Crippen LogP contribution in [0.5, 0.6) is 11.5 Å². The molecule has 2 aromatic heterocycles. The molecule has 4 aromatic rings. The third-order valence-corrected chi connectivity index (χ3v) is 14.6. The Morgan fingerprint density at radius 1 is 0.706 bits per heavy atom. The number of amides is 4. The normalized spacial score (nSPS) is 11.6. The molecule has 0 saturated carbocycles. The van der Waals surface area contributed by atoms with Gasteiger partial charge in [0.2, 0.25) is 0 Å². The van der Waals surface area contributed by atoms with Gasteiger partial charge in [-0.1, -0.05) is 66.0 Å². The molecule has 14 nitrogen and oxygen atoms in total. The van der Waals surface area contributed by atoms with Crippen molar-refractivity contribution in [3.63, 3.8) is 0 Å². The van der Waals surface area contributed by atoms with Crippen LogP contribution >= 0.6 is 69.1 Å². The second-order valence-electron chi connectivity index (χ2n) is 10.8. The summed E-state index contributed by atoms with van der Waals surface area (Å²) in [6.45, 7) is 5.20. The molecule has 4 amide bonds. The topological polar surface area (TPSA) is 206 Å². The van der Waals surface area contributed by atoms with E-state index in [9.17, 15) is 36.6 Å². The standard InChI is InChI=1S/C16H19Cl2N3O4S2.C12H11Cl2N3O4S2.CH4/c1-16(2,3)21(4)27(24,25)14-13(22)11(8-26-14)20-15(23)19-10-7-5-6-9(17)12(10)18;1-15-23(20,21)11-10(18)8(5-22-11)17-12(19)16-7-4-2-3-6(13)9(7)14;/h5-8,22H,1-4H3,(H2,19,20,23);2-5,15,18H,1H3,(H2,16,17,19);1H4. The van der Waals surface area contributed by atoms with Gasteiger partial charge < -0.3 is 31.5 Å². The molecule has 0 atom stereocenters. The number of rotatable bonds is 8. The average molecular weight is 865 g/mol. The molecule has 0 bridgehead atoms. The number of aromatic hydroxyl groups is 2. The van der Waals surface area contributed by atoms with Crippen molar-refractivity contribution in [3.8, 4) is 11.5 Å². The molecule has 0 unspecified atom stereocenters. The quantitative estimate of drug-likeness (QED) is 0.0909. The van der Waals surface area contributed by atoms with E-state index in [1.54, 1.807) is 51.1 Å². The Kier molecular flexibility index (Phi) is 15.3. The number of benzene rings is 2.